The average Bonchev–Trinajstić information content (AvgIpc) is 2.77. The third-order valence-electron chi connectivity index (χ3n) is 4.91. The first-order valence-electron chi connectivity index (χ1n) is 10.1. The SMILES string of the molecule is COc1cc(/C=C/C(=O)Nc2ccc(N(C)C)cc2)ccc1OCc1ccccc1C. The van der Waals surface area contributed by atoms with Crippen LogP contribution in [0.3, 0.4) is 0 Å². The zero-order chi connectivity index (χ0) is 22.2. The molecule has 0 bridgehead atoms. The Bertz CT molecular complexity index is 1060. The summed E-state index contributed by atoms with van der Waals surface area (Å²) in [6.07, 6.45) is 3.25. The number of methoxy groups -OCH3 is 1. The van der Waals surface area contributed by atoms with E-state index in [1.54, 1.807) is 13.2 Å². The molecule has 0 unspecified atom stereocenters. The number of nitrogens with one attached hydrogen (secondary N) is 1. The standard InChI is InChI=1S/C26H28N2O3/c1-19-7-5-6-8-21(19)18-31-24-15-9-20(17-25(24)30-4)10-16-26(29)27-22-11-13-23(14-12-22)28(2)3/h5-17H,18H2,1-4H3,(H,27,29)/b16-10+. The number of hydrogen-bond acceptors (Lipinski definition) is 4. The first kappa shape index (κ1) is 22.0. The highest BCUT2D eigenvalue weighted by Crippen LogP contribution is 2.29. The second-order valence-electron chi connectivity index (χ2n) is 7.39. The molecule has 0 aromatic heterocycles. The first-order valence-corrected chi connectivity index (χ1v) is 10.1. The fourth-order valence-electron chi connectivity index (χ4n) is 3.03. The zero-order valence-corrected chi connectivity index (χ0v) is 18.4. The average molecular weight is 417 g/mol. The first-order chi connectivity index (χ1) is 15.0. The highest BCUT2D eigenvalue weighted by atomic mass is 16.5. The molecular formula is C26H28N2O3. The minimum Gasteiger partial charge on any atom is -0.493 e. The number of carbonyl (C=O) groups is 1. The van der Waals surface area contributed by atoms with Crippen LogP contribution in [0.4, 0.5) is 11.4 Å². The number of hydrogen-bond donors (Lipinski definition) is 1. The lowest BCUT2D eigenvalue weighted by Gasteiger charge is -2.13. The van der Waals surface area contributed by atoms with Crippen LogP contribution in [-0.2, 0) is 11.4 Å². The maximum absolute atomic E-state index is 12.3. The summed E-state index contributed by atoms with van der Waals surface area (Å²) in [5.41, 5.74) is 4.98. The molecule has 0 aliphatic heterocycles. The topological polar surface area (TPSA) is 50.8 Å². The molecule has 0 saturated heterocycles. The van der Waals surface area contributed by atoms with E-state index in [1.807, 2.05) is 79.7 Å². The van der Waals surface area contributed by atoms with Gasteiger partial charge in [-0.1, -0.05) is 30.3 Å². The fourth-order valence-corrected chi connectivity index (χ4v) is 3.03. The van der Waals surface area contributed by atoms with E-state index >= 15 is 0 Å². The molecule has 0 heterocycles. The van der Waals surface area contributed by atoms with Gasteiger partial charge in [-0.2, -0.15) is 0 Å². The monoisotopic (exact) mass is 416 g/mol. The Kier molecular flexibility index (Phi) is 7.33. The van der Waals surface area contributed by atoms with Gasteiger partial charge in [-0.25, -0.2) is 0 Å². The van der Waals surface area contributed by atoms with Gasteiger partial charge >= 0.3 is 0 Å². The van der Waals surface area contributed by atoms with E-state index in [0.29, 0.717) is 18.1 Å². The summed E-state index contributed by atoms with van der Waals surface area (Å²) in [4.78, 5) is 14.3. The molecule has 0 aliphatic carbocycles. The van der Waals surface area contributed by atoms with Crippen molar-refractivity contribution in [3.63, 3.8) is 0 Å². The number of benzene rings is 3. The minimum absolute atomic E-state index is 0.198. The summed E-state index contributed by atoms with van der Waals surface area (Å²) in [6.45, 7) is 2.53. The number of anilines is 2. The van der Waals surface area contributed by atoms with E-state index < -0.39 is 0 Å². The van der Waals surface area contributed by atoms with Crippen LogP contribution in [0.5, 0.6) is 11.5 Å². The highest BCUT2D eigenvalue weighted by molar-refractivity contribution is 6.02. The van der Waals surface area contributed by atoms with E-state index in [9.17, 15) is 4.79 Å². The van der Waals surface area contributed by atoms with Crippen molar-refractivity contribution in [3.8, 4) is 11.5 Å². The quantitative estimate of drug-likeness (QED) is 0.506. The van der Waals surface area contributed by atoms with Gasteiger partial charge in [0.15, 0.2) is 11.5 Å². The predicted octanol–water partition coefficient (Wildman–Crippen LogP) is 5.30. The van der Waals surface area contributed by atoms with E-state index in [1.165, 1.54) is 11.6 Å². The molecule has 0 fully saturated rings. The van der Waals surface area contributed by atoms with Crippen LogP contribution in [0, 0.1) is 6.92 Å². The largest absolute Gasteiger partial charge is 0.493 e. The van der Waals surface area contributed by atoms with Gasteiger partial charge in [-0.15, -0.1) is 0 Å². The third-order valence-corrected chi connectivity index (χ3v) is 4.91. The summed E-state index contributed by atoms with van der Waals surface area (Å²) >= 11 is 0. The van der Waals surface area contributed by atoms with Gasteiger partial charge in [0.2, 0.25) is 5.91 Å². The molecule has 0 atom stereocenters. The number of carbonyl (C=O) groups excluding carboxylic acids is 1. The van der Waals surface area contributed by atoms with Crippen molar-refractivity contribution in [2.75, 3.05) is 31.4 Å². The molecule has 1 amide bonds. The molecule has 0 saturated carbocycles. The molecule has 160 valence electrons. The third kappa shape index (κ3) is 6.12. The molecule has 3 rings (SSSR count). The zero-order valence-electron chi connectivity index (χ0n) is 18.4. The molecule has 3 aromatic rings. The summed E-state index contributed by atoms with van der Waals surface area (Å²) in [7, 11) is 5.56. The van der Waals surface area contributed by atoms with Crippen LogP contribution in [0.25, 0.3) is 6.08 Å². The van der Waals surface area contributed by atoms with Crippen molar-refractivity contribution < 1.29 is 14.3 Å². The van der Waals surface area contributed by atoms with Crippen molar-refractivity contribution in [2.45, 2.75) is 13.5 Å². The molecule has 1 N–H and O–H groups in total. The predicted molar refractivity (Wildman–Crippen MR) is 127 cm³/mol. The van der Waals surface area contributed by atoms with E-state index in [4.69, 9.17) is 9.47 Å². The smallest absolute Gasteiger partial charge is 0.248 e. The second kappa shape index (κ2) is 10.3. The Morgan fingerprint density at radius 2 is 1.74 bits per heavy atom. The van der Waals surface area contributed by atoms with E-state index in [0.717, 1.165) is 22.5 Å². The van der Waals surface area contributed by atoms with Crippen LogP contribution in [0.15, 0.2) is 72.8 Å². The van der Waals surface area contributed by atoms with Gasteiger partial charge in [0.05, 0.1) is 7.11 Å². The summed E-state index contributed by atoms with van der Waals surface area (Å²) in [5.74, 6) is 1.08. The van der Waals surface area contributed by atoms with Crippen LogP contribution in [0.2, 0.25) is 0 Å². The van der Waals surface area contributed by atoms with Gasteiger partial charge in [-0.05, 0) is 66.1 Å². The molecule has 5 nitrogen and oxygen atoms in total. The Hall–Kier alpha value is -3.73. The molecular weight excluding hydrogens is 388 g/mol. The van der Waals surface area contributed by atoms with Gasteiger partial charge in [0, 0.05) is 31.5 Å². The Morgan fingerprint density at radius 3 is 2.42 bits per heavy atom. The van der Waals surface area contributed by atoms with Crippen LogP contribution >= 0.6 is 0 Å². The molecule has 0 aliphatic rings. The van der Waals surface area contributed by atoms with Crippen molar-refractivity contribution in [1.82, 2.24) is 0 Å². The number of rotatable bonds is 8. The Labute approximate surface area is 183 Å². The van der Waals surface area contributed by atoms with Gasteiger partial charge in [0.25, 0.3) is 0 Å². The van der Waals surface area contributed by atoms with Crippen molar-refractivity contribution in [3.05, 3.63) is 89.5 Å². The maximum atomic E-state index is 12.3. The minimum atomic E-state index is -0.198. The number of amides is 1. The molecule has 5 heteroatoms. The summed E-state index contributed by atoms with van der Waals surface area (Å²) < 4.78 is 11.4. The van der Waals surface area contributed by atoms with E-state index in [2.05, 4.69) is 18.3 Å². The van der Waals surface area contributed by atoms with E-state index in [-0.39, 0.29) is 5.91 Å². The number of aryl methyl sites for hydroxylation is 1. The Morgan fingerprint density at radius 1 is 1.00 bits per heavy atom. The highest BCUT2D eigenvalue weighted by Gasteiger charge is 2.07. The molecule has 0 radical (unpaired) electrons. The van der Waals surface area contributed by atoms with Crippen LogP contribution < -0.4 is 19.7 Å². The molecule has 31 heavy (non-hydrogen) atoms. The fraction of sp³-hybridized carbons (Fsp3) is 0.192. The lowest BCUT2D eigenvalue weighted by molar-refractivity contribution is -0.111. The maximum Gasteiger partial charge on any atom is 0.248 e. The Balaban J connectivity index is 1.62. The summed E-state index contributed by atoms with van der Waals surface area (Å²) in [6, 6.07) is 21.4. The summed E-state index contributed by atoms with van der Waals surface area (Å²) in [5, 5.41) is 2.86. The van der Waals surface area contributed by atoms with Crippen molar-refractivity contribution >= 4 is 23.4 Å². The van der Waals surface area contributed by atoms with Gasteiger partial charge in [0.1, 0.15) is 6.61 Å². The number of nitrogens with zero attached hydrogens (tertiary/aromatic N) is 1. The van der Waals surface area contributed by atoms with Gasteiger partial charge < -0.3 is 19.7 Å². The lowest BCUT2D eigenvalue weighted by atomic mass is 10.1. The van der Waals surface area contributed by atoms with Crippen molar-refractivity contribution in [1.29, 1.82) is 0 Å². The van der Waals surface area contributed by atoms with Crippen LogP contribution in [-0.4, -0.2) is 27.1 Å². The van der Waals surface area contributed by atoms with Gasteiger partial charge in [-0.3, -0.25) is 4.79 Å². The molecule has 0 spiro atoms. The van der Waals surface area contributed by atoms with Crippen LogP contribution in [0.1, 0.15) is 16.7 Å². The second-order valence-corrected chi connectivity index (χ2v) is 7.39. The number of ether oxygens (including phenoxy) is 2. The normalized spacial score (nSPS) is 10.7. The lowest BCUT2D eigenvalue weighted by Crippen LogP contribution is -2.10. The van der Waals surface area contributed by atoms with Crippen molar-refractivity contribution in [2.24, 2.45) is 0 Å². The molecule has 3 aromatic carbocycles.